The molecule has 1 aliphatic heterocycles. The molecule has 1 heterocycles. The van der Waals surface area contributed by atoms with Gasteiger partial charge in [-0.1, -0.05) is 0 Å². The summed E-state index contributed by atoms with van der Waals surface area (Å²) < 4.78 is 4.67. The first-order valence-electron chi connectivity index (χ1n) is 5.91. The number of nitrogens with two attached hydrogens (primary N) is 1. The number of ether oxygens (including phenoxy) is 1. The standard InChI is InChI=1S/C11H18N2O5/c1-2-18-11(17)9(12)10(16)13-5-3-4-7(13)6-8(14)15/h7,9H,2-6,12H2,1H3,(H,14,15). The Labute approximate surface area is 105 Å². The maximum absolute atomic E-state index is 12.0. The van der Waals surface area contributed by atoms with Crippen molar-refractivity contribution in [1.29, 1.82) is 0 Å². The van der Waals surface area contributed by atoms with Gasteiger partial charge < -0.3 is 20.5 Å². The molecule has 18 heavy (non-hydrogen) atoms. The quantitative estimate of drug-likeness (QED) is 0.500. The maximum atomic E-state index is 12.0. The Hall–Kier alpha value is -1.63. The number of carboxylic acids is 1. The minimum atomic E-state index is -1.36. The van der Waals surface area contributed by atoms with Crippen molar-refractivity contribution in [2.45, 2.75) is 38.3 Å². The topological polar surface area (TPSA) is 110 Å². The molecule has 1 amide bonds. The summed E-state index contributed by atoms with van der Waals surface area (Å²) in [6.07, 6.45) is 1.22. The SMILES string of the molecule is CCOC(=O)C(N)C(=O)N1CCCC1CC(=O)O. The van der Waals surface area contributed by atoms with Crippen molar-refractivity contribution in [3.8, 4) is 0 Å². The van der Waals surface area contributed by atoms with Crippen LogP contribution in [-0.2, 0) is 19.1 Å². The second kappa shape index (κ2) is 6.34. The fourth-order valence-corrected chi connectivity index (χ4v) is 2.05. The Kier molecular flexibility index (Phi) is 5.08. The summed E-state index contributed by atoms with van der Waals surface area (Å²) in [5, 5.41) is 8.74. The van der Waals surface area contributed by atoms with Crippen LogP contribution in [0.1, 0.15) is 26.2 Å². The first-order valence-corrected chi connectivity index (χ1v) is 5.91. The molecule has 1 aliphatic rings. The van der Waals surface area contributed by atoms with Crippen LogP contribution in [0, 0.1) is 0 Å². The largest absolute Gasteiger partial charge is 0.481 e. The highest BCUT2D eigenvalue weighted by molar-refractivity contribution is 6.02. The number of likely N-dealkylation sites (tertiary alicyclic amines) is 1. The van der Waals surface area contributed by atoms with Crippen molar-refractivity contribution in [2.75, 3.05) is 13.2 Å². The van der Waals surface area contributed by atoms with Crippen LogP contribution in [0.3, 0.4) is 0 Å². The molecule has 0 aliphatic carbocycles. The van der Waals surface area contributed by atoms with Gasteiger partial charge in [0.2, 0.25) is 0 Å². The molecule has 0 radical (unpaired) electrons. The van der Waals surface area contributed by atoms with Crippen molar-refractivity contribution >= 4 is 17.8 Å². The van der Waals surface area contributed by atoms with E-state index < -0.39 is 23.9 Å². The van der Waals surface area contributed by atoms with Crippen LogP contribution in [-0.4, -0.2) is 53.1 Å². The number of esters is 1. The van der Waals surface area contributed by atoms with Gasteiger partial charge in [-0.25, -0.2) is 4.79 Å². The number of rotatable bonds is 5. The lowest BCUT2D eigenvalue weighted by atomic mass is 10.1. The highest BCUT2D eigenvalue weighted by atomic mass is 16.5. The van der Waals surface area contributed by atoms with E-state index in [2.05, 4.69) is 4.74 Å². The lowest BCUT2D eigenvalue weighted by molar-refractivity contribution is -0.151. The zero-order valence-corrected chi connectivity index (χ0v) is 10.3. The number of aliphatic carboxylic acids is 1. The third-order valence-electron chi connectivity index (χ3n) is 2.88. The van der Waals surface area contributed by atoms with Gasteiger partial charge in [-0.05, 0) is 19.8 Å². The Morgan fingerprint density at radius 2 is 2.17 bits per heavy atom. The molecule has 1 saturated heterocycles. The molecule has 1 fully saturated rings. The fraction of sp³-hybridized carbons (Fsp3) is 0.727. The number of nitrogens with zero attached hydrogens (tertiary/aromatic N) is 1. The molecule has 0 aromatic rings. The Morgan fingerprint density at radius 1 is 1.50 bits per heavy atom. The van der Waals surface area contributed by atoms with Crippen LogP contribution in [0.15, 0.2) is 0 Å². The van der Waals surface area contributed by atoms with E-state index in [0.29, 0.717) is 13.0 Å². The van der Waals surface area contributed by atoms with Gasteiger partial charge in [-0.15, -0.1) is 0 Å². The van der Waals surface area contributed by atoms with Crippen LogP contribution in [0.25, 0.3) is 0 Å². The van der Waals surface area contributed by atoms with Gasteiger partial charge >= 0.3 is 11.9 Å². The summed E-state index contributed by atoms with van der Waals surface area (Å²) in [6.45, 7) is 2.21. The molecular formula is C11H18N2O5. The second-order valence-corrected chi connectivity index (χ2v) is 4.16. The zero-order chi connectivity index (χ0) is 13.7. The summed E-state index contributed by atoms with van der Waals surface area (Å²) in [4.78, 5) is 35.4. The highest BCUT2D eigenvalue weighted by Gasteiger charge is 2.36. The zero-order valence-electron chi connectivity index (χ0n) is 10.3. The van der Waals surface area contributed by atoms with Gasteiger partial charge in [-0.3, -0.25) is 9.59 Å². The van der Waals surface area contributed by atoms with Crippen molar-refractivity contribution in [3.63, 3.8) is 0 Å². The van der Waals surface area contributed by atoms with Gasteiger partial charge in [0.05, 0.1) is 13.0 Å². The minimum absolute atomic E-state index is 0.124. The first kappa shape index (κ1) is 14.4. The first-order chi connectivity index (χ1) is 8.47. The van der Waals surface area contributed by atoms with E-state index >= 15 is 0 Å². The minimum Gasteiger partial charge on any atom is -0.481 e. The third-order valence-corrected chi connectivity index (χ3v) is 2.88. The van der Waals surface area contributed by atoms with E-state index in [9.17, 15) is 14.4 Å². The number of carbonyl (C=O) groups excluding carboxylic acids is 2. The van der Waals surface area contributed by atoms with Gasteiger partial charge in [0.15, 0.2) is 6.04 Å². The monoisotopic (exact) mass is 258 g/mol. The predicted octanol–water partition coefficient (Wildman–Crippen LogP) is -0.657. The predicted molar refractivity (Wildman–Crippen MR) is 61.6 cm³/mol. The normalized spacial score (nSPS) is 20.6. The second-order valence-electron chi connectivity index (χ2n) is 4.16. The molecular weight excluding hydrogens is 240 g/mol. The van der Waals surface area contributed by atoms with Crippen molar-refractivity contribution in [3.05, 3.63) is 0 Å². The van der Waals surface area contributed by atoms with E-state index in [-0.39, 0.29) is 19.1 Å². The van der Waals surface area contributed by atoms with Crippen LogP contribution < -0.4 is 5.73 Å². The van der Waals surface area contributed by atoms with E-state index in [4.69, 9.17) is 10.8 Å². The van der Waals surface area contributed by atoms with Crippen molar-refractivity contribution < 1.29 is 24.2 Å². The number of carbonyl (C=O) groups is 3. The van der Waals surface area contributed by atoms with E-state index in [1.807, 2.05) is 0 Å². The van der Waals surface area contributed by atoms with E-state index in [0.717, 1.165) is 6.42 Å². The average Bonchev–Trinajstić information content (AvgIpc) is 2.74. The van der Waals surface area contributed by atoms with E-state index in [1.165, 1.54) is 4.90 Å². The van der Waals surface area contributed by atoms with E-state index in [1.54, 1.807) is 6.92 Å². The van der Waals surface area contributed by atoms with Gasteiger partial charge in [0.1, 0.15) is 0 Å². The molecule has 0 aromatic carbocycles. The molecule has 0 spiro atoms. The summed E-state index contributed by atoms with van der Waals surface area (Å²) in [7, 11) is 0. The van der Waals surface area contributed by atoms with Crippen LogP contribution in [0.2, 0.25) is 0 Å². The fourth-order valence-electron chi connectivity index (χ4n) is 2.05. The molecule has 7 heteroatoms. The van der Waals surface area contributed by atoms with Crippen LogP contribution >= 0.6 is 0 Å². The number of carboxylic acid groups (broad SMARTS) is 1. The van der Waals surface area contributed by atoms with Crippen LogP contribution in [0.4, 0.5) is 0 Å². The van der Waals surface area contributed by atoms with Gasteiger partial charge in [0, 0.05) is 12.6 Å². The number of hydrogen-bond donors (Lipinski definition) is 2. The van der Waals surface area contributed by atoms with Gasteiger partial charge in [-0.2, -0.15) is 0 Å². The Balaban J connectivity index is 2.64. The average molecular weight is 258 g/mol. The molecule has 0 bridgehead atoms. The molecule has 1 rings (SSSR count). The third kappa shape index (κ3) is 3.43. The lowest BCUT2D eigenvalue weighted by Crippen LogP contribution is -2.50. The van der Waals surface area contributed by atoms with Crippen molar-refractivity contribution in [2.24, 2.45) is 5.73 Å². The molecule has 7 nitrogen and oxygen atoms in total. The van der Waals surface area contributed by atoms with Gasteiger partial charge in [0.25, 0.3) is 5.91 Å². The molecule has 0 aromatic heterocycles. The maximum Gasteiger partial charge on any atom is 0.332 e. The molecule has 0 saturated carbocycles. The molecule has 102 valence electrons. The summed E-state index contributed by atoms with van der Waals surface area (Å²) >= 11 is 0. The molecule has 2 atom stereocenters. The molecule has 2 unspecified atom stereocenters. The number of amides is 1. The summed E-state index contributed by atoms with van der Waals surface area (Å²) in [5.41, 5.74) is 5.51. The summed E-state index contributed by atoms with van der Waals surface area (Å²) in [5.74, 6) is -2.30. The highest BCUT2D eigenvalue weighted by Crippen LogP contribution is 2.20. The smallest absolute Gasteiger partial charge is 0.332 e. The summed E-state index contributed by atoms with van der Waals surface area (Å²) in [6, 6.07) is -1.74. The molecule has 3 N–H and O–H groups in total. The Morgan fingerprint density at radius 3 is 2.72 bits per heavy atom. The van der Waals surface area contributed by atoms with Crippen LogP contribution in [0.5, 0.6) is 0 Å². The lowest BCUT2D eigenvalue weighted by Gasteiger charge is -2.25. The Bertz CT molecular complexity index is 344. The van der Waals surface area contributed by atoms with Crippen molar-refractivity contribution in [1.82, 2.24) is 4.90 Å². The number of hydrogen-bond acceptors (Lipinski definition) is 5.